The molecule has 0 saturated carbocycles. The number of rotatable bonds is 4. The molecule has 0 bridgehead atoms. The van der Waals surface area contributed by atoms with Crippen molar-refractivity contribution < 1.29 is 9.53 Å². The maximum absolute atomic E-state index is 12.7. The van der Waals surface area contributed by atoms with Crippen molar-refractivity contribution in [3.05, 3.63) is 77.3 Å². The van der Waals surface area contributed by atoms with Gasteiger partial charge in [-0.2, -0.15) is 5.10 Å². The van der Waals surface area contributed by atoms with Gasteiger partial charge in [0.25, 0.3) is 5.91 Å². The van der Waals surface area contributed by atoms with Crippen LogP contribution in [0.25, 0.3) is 22.2 Å². The van der Waals surface area contributed by atoms with Gasteiger partial charge in [-0.25, -0.2) is 0 Å². The van der Waals surface area contributed by atoms with Crippen LogP contribution in [-0.4, -0.2) is 47.3 Å². The molecule has 31 heavy (non-hydrogen) atoms. The molecular weight excluding hydrogens is 412 g/mol. The Bertz CT molecular complexity index is 1230. The van der Waals surface area contributed by atoms with Gasteiger partial charge in [0, 0.05) is 35.3 Å². The Hall–Kier alpha value is -3.35. The molecule has 0 radical (unpaired) electrons. The first-order chi connectivity index (χ1) is 15.2. The van der Waals surface area contributed by atoms with E-state index < -0.39 is 0 Å². The van der Waals surface area contributed by atoms with E-state index in [4.69, 9.17) is 16.3 Å². The number of hydrogen-bond acceptors (Lipinski definition) is 4. The lowest BCUT2D eigenvalue weighted by molar-refractivity contribution is 0.0303. The standard InChI is InChI=1S/C24H21ClN4O2/c25-20-3-1-2-4-21(20)26-18-9-10-19-22(15-18)27-28-23(19)16-5-7-17(8-6-16)24(30)29-11-13-31-14-12-29/h1-10,15,26H,11-14H2,(H,27,28). The number of aromatic nitrogens is 2. The van der Waals surface area contributed by atoms with Gasteiger partial charge in [-0.3, -0.25) is 9.89 Å². The fourth-order valence-corrected chi connectivity index (χ4v) is 3.94. The molecule has 4 aromatic rings. The van der Waals surface area contributed by atoms with Crippen LogP contribution in [0.4, 0.5) is 11.4 Å². The third-order valence-corrected chi connectivity index (χ3v) is 5.75. The summed E-state index contributed by atoms with van der Waals surface area (Å²) in [6, 6.07) is 21.3. The van der Waals surface area contributed by atoms with Crippen molar-refractivity contribution in [1.29, 1.82) is 0 Å². The Balaban J connectivity index is 1.38. The van der Waals surface area contributed by atoms with Gasteiger partial charge in [0.1, 0.15) is 0 Å². The van der Waals surface area contributed by atoms with Crippen molar-refractivity contribution in [2.24, 2.45) is 0 Å². The summed E-state index contributed by atoms with van der Waals surface area (Å²) in [5, 5.41) is 12.6. The fraction of sp³-hybridized carbons (Fsp3) is 0.167. The van der Waals surface area contributed by atoms with Gasteiger partial charge in [0.2, 0.25) is 0 Å². The number of anilines is 2. The van der Waals surface area contributed by atoms with Gasteiger partial charge < -0.3 is 15.0 Å². The summed E-state index contributed by atoms with van der Waals surface area (Å²) in [6.45, 7) is 2.46. The van der Waals surface area contributed by atoms with Crippen molar-refractivity contribution in [1.82, 2.24) is 15.1 Å². The minimum Gasteiger partial charge on any atom is -0.378 e. The molecule has 1 amide bonds. The summed E-state index contributed by atoms with van der Waals surface area (Å²) < 4.78 is 5.33. The number of nitrogens with one attached hydrogen (secondary N) is 2. The summed E-state index contributed by atoms with van der Waals surface area (Å²) in [4.78, 5) is 14.5. The number of carbonyl (C=O) groups excluding carboxylic acids is 1. The largest absolute Gasteiger partial charge is 0.378 e. The van der Waals surface area contributed by atoms with E-state index in [2.05, 4.69) is 15.5 Å². The van der Waals surface area contributed by atoms with Gasteiger partial charge in [0.05, 0.1) is 35.1 Å². The van der Waals surface area contributed by atoms with Crippen molar-refractivity contribution in [2.75, 3.05) is 31.6 Å². The van der Waals surface area contributed by atoms with Gasteiger partial charge in [-0.1, -0.05) is 35.9 Å². The van der Waals surface area contributed by atoms with Crippen LogP contribution in [0.15, 0.2) is 66.7 Å². The smallest absolute Gasteiger partial charge is 0.254 e. The molecule has 7 heteroatoms. The van der Waals surface area contributed by atoms with Crippen molar-refractivity contribution in [3.8, 4) is 11.3 Å². The van der Waals surface area contributed by atoms with Crippen LogP contribution in [0.1, 0.15) is 10.4 Å². The van der Waals surface area contributed by atoms with Crippen LogP contribution in [-0.2, 0) is 4.74 Å². The van der Waals surface area contributed by atoms with Crippen LogP contribution < -0.4 is 5.32 Å². The first-order valence-electron chi connectivity index (χ1n) is 10.2. The van der Waals surface area contributed by atoms with E-state index in [1.54, 1.807) is 0 Å². The Morgan fingerprint density at radius 3 is 2.58 bits per heavy atom. The Kier molecular flexibility index (Phi) is 5.32. The first kappa shape index (κ1) is 19.6. The zero-order valence-electron chi connectivity index (χ0n) is 16.8. The maximum atomic E-state index is 12.7. The molecule has 6 nitrogen and oxygen atoms in total. The molecular formula is C24H21ClN4O2. The van der Waals surface area contributed by atoms with Crippen LogP contribution in [0.2, 0.25) is 5.02 Å². The van der Waals surface area contributed by atoms with Gasteiger partial charge in [0.15, 0.2) is 0 Å². The molecule has 2 heterocycles. The molecule has 1 saturated heterocycles. The summed E-state index contributed by atoms with van der Waals surface area (Å²) in [5.41, 5.74) is 5.17. The number of nitrogens with zero attached hydrogens (tertiary/aromatic N) is 2. The third-order valence-electron chi connectivity index (χ3n) is 5.42. The first-order valence-corrected chi connectivity index (χ1v) is 10.5. The number of amides is 1. The van der Waals surface area contributed by atoms with E-state index in [1.807, 2.05) is 71.6 Å². The molecule has 0 atom stereocenters. The molecule has 0 unspecified atom stereocenters. The normalized spacial score (nSPS) is 14.0. The van der Waals surface area contributed by atoms with Crippen molar-refractivity contribution in [2.45, 2.75) is 0 Å². The lowest BCUT2D eigenvalue weighted by Gasteiger charge is -2.26. The molecule has 0 aliphatic carbocycles. The van der Waals surface area contributed by atoms with E-state index in [-0.39, 0.29) is 5.91 Å². The topological polar surface area (TPSA) is 70.2 Å². The summed E-state index contributed by atoms with van der Waals surface area (Å²) >= 11 is 6.25. The highest BCUT2D eigenvalue weighted by Gasteiger charge is 2.18. The van der Waals surface area contributed by atoms with Crippen molar-refractivity contribution >= 4 is 39.8 Å². The highest BCUT2D eigenvalue weighted by Crippen LogP contribution is 2.31. The SMILES string of the molecule is O=C(c1ccc(-c2n[nH]c3cc(Nc4ccccc4Cl)ccc23)cc1)N1CCOCC1. The number of fused-ring (bicyclic) bond motifs is 1. The Labute approximate surface area is 184 Å². The molecule has 1 aliphatic rings. The minimum absolute atomic E-state index is 0.0389. The highest BCUT2D eigenvalue weighted by molar-refractivity contribution is 6.33. The van der Waals surface area contributed by atoms with Crippen LogP contribution in [0.3, 0.4) is 0 Å². The zero-order chi connectivity index (χ0) is 21.2. The Morgan fingerprint density at radius 2 is 1.81 bits per heavy atom. The molecule has 0 spiro atoms. The van der Waals surface area contributed by atoms with E-state index in [0.29, 0.717) is 36.9 Å². The predicted octanol–water partition coefficient (Wildman–Crippen LogP) is 5.10. The zero-order valence-corrected chi connectivity index (χ0v) is 17.5. The lowest BCUT2D eigenvalue weighted by Crippen LogP contribution is -2.40. The summed E-state index contributed by atoms with van der Waals surface area (Å²) in [7, 11) is 0. The van der Waals surface area contributed by atoms with Gasteiger partial charge in [-0.05, 0) is 42.5 Å². The fourth-order valence-electron chi connectivity index (χ4n) is 3.76. The number of morpholine rings is 1. The van der Waals surface area contributed by atoms with Gasteiger partial charge in [-0.15, -0.1) is 0 Å². The molecule has 1 aromatic heterocycles. The number of hydrogen-bond donors (Lipinski definition) is 2. The second-order valence-corrected chi connectivity index (χ2v) is 7.83. The van der Waals surface area contributed by atoms with Crippen LogP contribution in [0.5, 0.6) is 0 Å². The number of H-pyrrole nitrogens is 1. The molecule has 156 valence electrons. The van der Waals surface area contributed by atoms with Crippen LogP contribution in [0, 0.1) is 0 Å². The average Bonchev–Trinajstić information content (AvgIpc) is 3.24. The average molecular weight is 433 g/mol. The van der Waals surface area contributed by atoms with E-state index in [0.717, 1.165) is 33.5 Å². The monoisotopic (exact) mass is 432 g/mol. The van der Waals surface area contributed by atoms with E-state index in [9.17, 15) is 4.79 Å². The van der Waals surface area contributed by atoms with Crippen molar-refractivity contribution in [3.63, 3.8) is 0 Å². The maximum Gasteiger partial charge on any atom is 0.254 e. The van der Waals surface area contributed by atoms with E-state index >= 15 is 0 Å². The number of para-hydroxylation sites is 1. The van der Waals surface area contributed by atoms with Crippen LogP contribution >= 0.6 is 11.6 Å². The lowest BCUT2D eigenvalue weighted by atomic mass is 10.0. The quantitative estimate of drug-likeness (QED) is 0.470. The minimum atomic E-state index is 0.0389. The number of ether oxygens (including phenoxy) is 1. The highest BCUT2D eigenvalue weighted by atomic mass is 35.5. The molecule has 1 aliphatic heterocycles. The second kappa shape index (κ2) is 8.41. The predicted molar refractivity (Wildman–Crippen MR) is 123 cm³/mol. The molecule has 1 fully saturated rings. The summed E-state index contributed by atoms with van der Waals surface area (Å²) in [5.74, 6) is 0.0389. The molecule has 5 rings (SSSR count). The summed E-state index contributed by atoms with van der Waals surface area (Å²) in [6.07, 6.45) is 0. The third kappa shape index (κ3) is 4.00. The number of aromatic amines is 1. The van der Waals surface area contributed by atoms with E-state index in [1.165, 1.54) is 0 Å². The number of carbonyl (C=O) groups is 1. The number of halogens is 1. The Morgan fingerprint density at radius 1 is 1.03 bits per heavy atom. The van der Waals surface area contributed by atoms with Gasteiger partial charge >= 0.3 is 0 Å². The molecule has 3 aromatic carbocycles. The number of benzene rings is 3. The second-order valence-electron chi connectivity index (χ2n) is 7.42. The molecule has 2 N–H and O–H groups in total.